The minimum Gasteiger partial charge on any atom is -0.387 e. The molecule has 0 aromatic carbocycles. The van der Waals surface area contributed by atoms with Gasteiger partial charge in [0.25, 0.3) is 0 Å². The average Bonchev–Trinajstić information content (AvgIpc) is 3.15. The van der Waals surface area contributed by atoms with Crippen molar-refractivity contribution in [3.8, 4) is 0 Å². The minimum absolute atomic E-state index is 0.0520. The first kappa shape index (κ1) is 54.5. The molecule has 328 valence electrons. The fourth-order valence-electron chi connectivity index (χ4n) is 6.33. The van der Waals surface area contributed by atoms with Crippen LogP contribution in [0.5, 0.6) is 0 Å². The van der Waals surface area contributed by atoms with E-state index in [9.17, 15) is 19.4 Å². The van der Waals surface area contributed by atoms with E-state index in [-0.39, 0.29) is 19.1 Å². The van der Waals surface area contributed by atoms with Crippen molar-refractivity contribution < 1.29 is 32.9 Å². The van der Waals surface area contributed by atoms with Gasteiger partial charge in [-0.3, -0.25) is 13.8 Å². The van der Waals surface area contributed by atoms with E-state index < -0.39 is 20.0 Å². The number of nitrogens with zero attached hydrogens (tertiary/aromatic N) is 1. The Kier molecular flexibility index (Phi) is 37.9. The number of aliphatic hydroxyl groups is 1. The third kappa shape index (κ3) is 40.6. The summed E-state index contributed by atoms with van der Waals surface area (Å²) >= 11 is 0. The number of hydrogen-bond acceptors (Lipinski definition) is 5. The monoisotopic (exact) mass is 810 g/mol. The van der Waals surface area contributed by atoms with E-state index in [4.69, 9.17) is 9.05 Å². The molecule has 0 aliphatic rings. The Labute approximate surface area is 346 Å². The molecule has 8 nitrogen and oxygen atoms in total. The molecule has 0 radical (unpaired) electrons. The van der Waals surface area contributed by atoms with E-state index in [1.54, 1.807) is 6.08 Å². The molecule has 0 aromatic heterocycles. The van der Waals surface area contributed by atoms with Gasteiger partial charge < -0.3 is 19.8 Å². The molecule has 0 aliphatic heterocycles. The molecule has 3 N–H and O–H groups in total. The maximum atomic E-state index is 12.8. The van der Waals surface area contributed by atoms with Gasteiger partial charge in [-0.15, -0.1) is 0 Å². The molecule has 3 atom stereocenters. The number of aliphatic hydroxyl groups excluding tert-OH is 1. The van der Waals surface area contributed by atoms with Crippen molar-refractivity contribution in [3.05, 3.63) is 48.6 Å². The van der Waals surface area contributed by atoms with E-state index in [2.05, 4.69) is 55.6 Å². The second kappa shape index (κ2) is 38.9. The Bertz CT molecular complexity index is 1050. The Morgan fingerprint density at radius 3 is 1.61 bits per heavy atom. The van der Waals surface area contributed by atoms with E-state index in [0.29, 0.717) is 17.4 Å². The lowest BCUT2D eigenvalue weighted by molar-refractivity contribution is -0.870. The standard InChI is InChI=1S/C47H89N2O6P/c1-6-8-10-12-14-16-18-20-21-22-23-24-25-26-27-29-30-32-34-36-38-40-46(50)45(44-55-56(52,53)54-43-42-49(3,4)5)48-47(51)41-39-37-35-33-31-28-19-17-15-13-11-9-7-2/h11,13,17,19,30,32,38,40,45-46,50H,6-10,12,14-16,18,20-29,31,33-37,39,41-44H2,1-5H3,(H-,48,51,52,53)/p+1/b13-11-,19-17-,32-30+,40-38+. The van der Waals surface area contributed by atoms with Gasteiger partial charge in [-0.25, -0.2) is 4.57 Å². The summed E-state index contributed by atoms with van der Waals surface area (Å²) in [5.74, 6) is -0.203. The van der Waals surface area contributed by atoms with Gasteiger partial charge in [0.2, 0.25) is 5.91 Å². The summed E-state index contributed by atoms with van der Waals surface area (Å²) in [6, 6.07) is -0.870. The van der Waals surface area contributed by atoms with Crippen LogP contribution in [0.25, 0.3) is 0 Å². The van der Waals surface area contributed by atoms with Crippen LogP contribution in [0.4, 0.5) is 0 Å². The third-order valence-electron chi connectivity index (χ3n) is 10.0. The van der Waals surface area contributed by atoms with Crippen molar-refractivity contribution >= 4 is 13.7 Å². The van der Waals surface area contributed by atoms with Crippen LogP contribution in [0.3, 0.4) is 0 Å². The lowest BCUT2D eigenvalue weighted by Crippen LogP contribution is -2.45. The molecule has 0 aromatic rings. The van der Waals surface area contributed by atoms with Crippen LogP contribution < -0.4 is 5.32 Å². The predicted molar refractivity (Wildman–Crippen MR) is 240 cm³/mol. The van der Waals surface area contributed by atoms with Gasteiger partial charge >= 0.3 is 7.82 Å². The first-order valence-corrected chi connectivity index (χ1v) is 24.5. The summed E-state index contributed by atoms with van der Waals surface area (Å²) in [5, 5.41) is 13.8. The zero-order chi connectivity index (χ0) is 41.4. The molecule has 0 rings (SSSR count). The number of allylic oxidation sites excluding steroid dienone is 7. The fourth-order valence-corrected chi connectivity index (χ4v) is 7.07. The van der Waals surface area contributed by atoms with Crippen molar-refractivity contribution in [2.75, 3.05) is 40.9 Å². The summed E-state index contributed by atoms with van der Waals surface area (Å²) in [6.07, 6.45) is 49.0. The van der Waals surface area contributed by atoms with Crippen LogP contribution in [0, 0.1) is 0 Å². The van der Waals surface area contributed by atoms with Crippen LogP contribution in [-0.2, 0) is 18.4 Å². The smallest absolute Gasteiger partial charge is 0.387 e. The number of phosphoric ester groups is 1. The highest BCUT2D eigenvalue weighted by atomic mass is 31.2. The maximum absolute atomic E-state index is 12.8. The topological polar surface area (TPSA) is 105 Å². The average molecular weight is 810 g/mol. The molecule has 0 heterocycles. The Balaban J connectivity index is 4.43. The van der Waals surface area contributed by atoms with Gasteiger partial charge in [-0.2, -0.15) is 0 Å². The molecule has 0 saturated heterocycles. The molecule has 0 aliphatic carbocycles. The van der Waals surface area contributed by atoms with Gasteiger partial charge in [0, 0.05) is 6.42 Å². The Morgan fingerprint density at radius 2 is 1.07 bits per heavy atom. The number of amides is 1. The van der Waals surface area contributed by atoms with Gasteiger partial charge in [0.05, 0.1) is 39.9 Å². The number of nitrogens with one attached hydrogen (secondary N) is 1. The summed E-state index contributed by atoms with van der Waals surface area (Å²) in [7, 11) is 1.54. The molecule has 56 heavy (non-hydrogen) atoms. The van der Waals surface area contributed by atoms with Crippen LogP contribution >= 0.6 is 7.82 Å². The first-order chi connectivity index (χ1) is 27.0. The predicted octanol–water partition coefficient (Wildman–Crippen LogP) is 12.9. The highest BCUT2D eigenvalue weighted by molar-refractivity contribution is 7.47. The third-order valence-corrected chi connectivity index (χ3v) is 11.0. The number of phosphoric acid groups is 1. The van der Waals surface area contributed by atoms with E-state index in [1.165, 1.54) is 103 Å². The highest BCUT2D eigenvalue weighted by Crippen LogP contribution is 2.43. The lowest BCUT2D eigenvalue weighted by atomic mass is 10.0. The molecule has 3 unspecified atom stereocenters. The van der Waals surface area contributed by atoms with Crippen molar-refractivity contribution in [2.24, 2.45) is 0 Å². The largest absolute Gasteiger partial charge is 0.472 e. The molecular formula is C47H90N2O6P+. The number of carbonyl (C=O) groups excluding carboxylic acids is 1. The molecule has 0 bridgehead atoms. The van der Waals surface area contributed by atoms with Crippen molar-refractivity contribution in [2.45, 2.75) is 206 Å². The molecule has 1 amide bonds. The van der Waals surface area contributed by atoms with E-state index in [0.717, 1.165) is 70.6 Å². The van der Waals surface area contributed by atoms with Crippen molar-refractivity contribution in [1.82, 2.24) is 5.32 Å². The second-order valence-electron chi connectivity index (χ2n) is 16.8. The number of likely N-dealkylation sites (N-methyl/N-ethyl adjacent to an activating group) is 1. The SMILES string of the molecule is CCC/C=C\C/C=C\CCCCCCCC(=O)NC(COP(=O)(O)OCC[N+](C)(C)C)C(O)/C=C/CC/C=C/CCCCCCCCCCCCCCCCC. The number of unbranched alkanes of at least 4 members (excludes halogenated alkanes) is 22. The van der Waals surface area contributed by atoms with Crippen LogP contribution in [0.1, 0.15) is 194 Å². The quantitative estimate of drug-likeness (QED) is 0.0246. The first-order valence-electron chi connectivity index (χ1n) is 23.0. The molecular weight excluding hydrogens is 719 g/mol. The lowest BCUT2D eigenvalue weighted by Gasteiger charge is -2.25. The minimum atomic E-state index is -4.35. The summed E-state index contributed by atoms with van der Waals surface area (Å²) in [6.45, 7) is 4.71. The van der Waals surface area contributed by atoms with Crippen LogP contribution in [0.2, 0.25) is 0 Å². The highest BCUT2D eigenvalue weighted by Gasteiger charge is 2.27. The molecule has 0 fully saturated rings. The van der Waals surface area contributed by atoms with Crippen LogP contribution in [0.15, 0.2) is 48.6 Å². The van der Waals surface area contributed by atoms with Gasteiger partial charge in [-0.05, 0) is 57.8 Å². The normalized spacial score (nSPS) is 14.8. The molecule has 0 saturated carbocycles. The van der Waals surface area contributed by atoms with Gasteiger partial charge in [0.15, 0.2) is 0 Å². The van der Waals surface area contributed by atoms with Crippen molar-refractivity contribution in [1.29, 1.82) is 0 Å². The molecule has 0 spiro atoms. The number of rotatable bonds is 41. The zero-order valence-electron chi connectivity index (χ0n) is 37.1. The van der Waals surface area contributed by atoms with Crippen LogP contribution in [-0.4, -0.2) is 73.4 Å². The second-order valence-corrected chi connectivity index (χ2v) is 18.2. The van der Waals surface area contributed by atoms with Gasteiger partial charge in [0.1, 0.15) is 13.2 Å². The zero-order valence-corrected chi connectivity index (χ0v) is 38.0. The fraction of sp³-hybridized carbons (Fsp3) is 0.809. The molecule has 9 heteroatoms. The number of carbonyl (C=O) groups is 1. The number of quaternary nitrogens is 1. The Morgan fingerprint density at radius 1 is 0.607 bits per heavy atom. The number of hydrogen-bond donors (Lipinski definition) is 3. The van der Waals surface area contributed by atoms with Crippen molar-refractivity contribution in [3.63, 3.8) is 0 Å². The summed E-state index contributed by atoms with van der Waals surface area (Å²) in [4.78, 5) is 23.1. The maximum Gasteiger partial charge on any atom is 0.472 e. The van der Waals surface area contributed by atoms with Gasteiger partial charge in [-0.1, -0.05) is 178 Å². The summed E-state index contributed by atoms with van der Waals surface area (Å²) in [5.41, 5.74) is 0. The van der Waals surface area contributed by atoms with E-state index >= 15 is 0 Å². The summed E-state index contributed by atoms with van der Waals surface area (Å²) < 4.78 is 23.5. The Hall–Kier alpha value is -1.54. The van der Waals surface area contributed by atoms with E-state index in [1.807, 2.05) is 27.2 Å².